The van der Waals surface area contributed by atoms with Gasteiger partial charge in [0.05, 0.1) is 12.7 Å². The summed E-state index contributed by atoms with van der Waals surface area (Å²) in [5.41, 5.74) is 0.510. The van der Waals surface area contributed by atoms with Crippen LogP contribution in [-0.2, 0) is 0 Å². The average molecular weight is 225 g/mol. The molecule has 2 rings (SSSR count). The lowest BCUT2D eigenvalue weighted by atomic mass is 10.2. The number of ether oxygens (including phenoxy) is 2. The summed E-state index contributed by atoms with van der Waals surface area (Å²) in [6, 6.07) is 16.5. The molecule has 0 aromatic heterocycles. The van der Waals surface area contributed by atoms with Gasteiger partial charge in [-0.3, -0.25) is 0 Å². The fourth-order valence-corrected chi connectivity index (χ4v) is 1.44. The Morgan fingerprint density at radius 3 is 2.53 bits per heavy atom. The summed E-state index contributed by atoms with van der Waals surface area (Å²) in [7, 11) is 1.60. The zero-order valence-corrected chi connectivity index (χ0v) is 9.38. The first-order chi connectivity index (χ1) is 8.33. The summed E-state index contributed by atoms with van der Waals surface area (Å²) in [6.45, 7) is 0. The van der Waals surface area contributed by atoms with Crippen LogP contribution in [0, 0.1) is 11.3 Å². The Kier molecular flexibility index (Phi) is 3.27. The molecular formula is C14H11NO2. The number of benzene rings is 2. The maximum Gasteiger partial charge on any atom is 0.145 e. The van der Waals surface area contributed by atoms with E-state index in [2.05, 4.69) is 6.07 Å². The summed E-state index contributed by atoms with van der Waals surface area (Å²) >= 11 is 0. The van der Waals surface area contributed by atoms with E-state index in [4.69, 9.17) is 14.7 Å². The number of hydrogen-bond donors (Lipinski definition) is 0. The first-order valence-electron chi connectivity index (χ1n) is 5.14. The minimum atomic E-state index is 0.510. The molecular weight excluding hydrogens is 214 g/mol. The van der Waals surface area contributed by atoms with Crippen LogP contribution in [0.4, 0.5) is 0 Å². The Labute approximate surface area is 99.8 Å². The van der Waals surface area contributed by atoms with Gasteiger partial charge in [0, 0.05) is 6.07 Å². The van der Waals surface area contributed by atoms with Gasteiger partial charge in [0.2, 0.25) is 0 Å². The molecule has 17 heavy (non-hydrogen) atoms. The molecule has 0 N–H and O–H groups in total. The molecule has 0 fully saturated rings. The molecule has 0 radical (unpaired) electrons. The predicted molar refractivity (Wildman–Crippen MR) is 64.2 cm³/mol. The highest BCUT2D eigenvalue weighted by molar-refractivity contribution is 5.45. The van der Waals surface area contributed by atoms with Gasteiger partial charge in [-0.05, 0) is 24.3 Å². The van der Waals surface area contributed by atoms with Crippen molar-refractivity contribution in [2.24, 2.45) is 0 Å². The molecule has 2 aromatic carbocycles. The van der Waals surface area contributed by atoms with Crippen LogP contribution in [0.2, 0.25) is 0 Å². The molecule has 84 valence electrons. The second-order valence-corrected chi connectivity index (χ2v) is 3.39. The molecule has 0 spiro atoms. The third kappa shape index (κ3) is 2.56. The van der Waals surface area contributed by atoms with Crippen molar-refractivity contribution in [3.63, 3.8) is 0 Å². The molecule has 0 bridgehead atoms. The first kappa shape index (κ1) is 11.0. The lowest BCUT2D eigenvalue weighted by Crippen LogP contribution is -1.89. The van der Waals surface area contributed by atoms with Crippen LogP contribution in [0.1, 0.15) is 5.56 Å². The van der Waals surface area contributed by atoms with Crippen LogP contribution < -0.4 is 9.47 Å². The van der Waals surface area contributed by atoms with E-state index in [0.29, 0.717) is 17.1 Å². The maximum atomic E-state index is 8.94. The summed E-state index contributed by atoms with van der Waals surface area (Å²) in [5.74, 6) is 1.91. The van der Waals surface area contributed by atoms with Crippen molar-refractivity contribution in [2.75, 3.05) is 7.11 Å². The van der Waals surface area contributed by atoms with Crippen LogP contribution in [0.3, 0.4) is 0 Å². The van der Waals surface area contributed by atoms with E-state index in [1.165, 1.54) is 0 Å². The SMILES string of the molecule is COc1cccc(Oc2ccccc2C#N)c1. The largest absolute Gasteiger partial charge is 0.497 e. The topological polar surface area (TPSA) is 42.2 Å². The molecule has 3 nitrogen and oxygen atoms in total. The Hall–Kier alpha value is -2.47. The fourth-order valence-electron chi connectivity index (χ4n) is 1.44. The average Bonchev–Trinajstić information content (AvgIpc) is 2.39. The molecule has 0 saturated heterocycles. The van der Waals surface area contributed by atoms with Crippen molar-refractivity contribution in [1.29, 1.82) is 5.26 Å². The summed E-state index contributed by atoms with van der Waals surface area (Å²) in [5, 5.41) is 8.94. The van der Waals surface area contributed by atoms with E-state index < -0.39 is 0 Å². The smallest absolute Gasteiger partial charge is 0.145 e. The van der Waals surface area contributed by atoms with Crippen molar-refractivity contribution in [3.8, 4) is 23.3 Å². The minimum absolute atomic E-state index is 0.510. The Morgan fingerprint density at radius 1 is 1.00 bits per heavy atom. The van der Waals surface area contributed by atoms with Gasteiger partial charge in [-0.15, -0.1) is 0 Å². The second kappa shape index (κ2) is 5.04. The monoisotopic (exact) mass is 225 g/mol. The van der Waals surface area contributed by atoms with Gasteiger partial charge >= 0.3 is 0 Å². The van der Waals surface area contributed by atoms with E-state index in [9.17, 15) is 0 Å². The Balaban J connectivity index is 2.28. The second-order valence-electron chi connectivity index (χ2n) is 3.39. The van der Waals surface area contributed by atoms with Crippen LogP contribution in [0.5, 0.6) is 17.2 Å². The zero-order valence-electron chi connectivity index (χ0n) is 9.38. The number of nitriles is 1. The predicted octanol–water partition coefficient (Wildman–Crippen LogP) is 3.36. The molecule has 3 heteroatoms. The molecule has 0 heterocycles. The van der Waals surface area contributed by atoms with Gasteiger partial charge in [0.1, 0.15) is 23.3 Å². The summed E-state index contributed by atoms with van der Waals surface area (Å²) in [4.78, 5) is 0. The highest BCUT2D eigenvalue weighted by Gasteiger charge is 2.03. The number of hydrogen-bond acceptors (Lipinski definition) is 3. The van der Waals surface area contributed by atoms with Gasteiger partial charge in [-0.1, -0.05) is 18.2 Å². The molecule has 0 aliphatic rings. The fraction of sp³-hybridized carbons (Fsp3) is 0.0714. The van der Waals surface area contributed by atoms with Crippen molar-refractivity contribution >= 4 is 0 Å². The summed E-state index contributed by atoms with van der Waals surface area (Å²) < 4.78 is 10.7. The Bertz CT molecular complexity index is 558. The lowest BCUT2D eigenvalue weighted by molar-refractivity contribution is 0.409. The van der Waals surface area contributed by atoms with E-state index in [1.54, 1.807) is 31.4 Å². The minimum Gasteiger partial charge on any atom is -0.497 e. The van der Waals surface area contributed by atoms with Crippen LogP contribution in [0.15, 0.2) is 48.5 Å². The quantitative estimate of drug-likeness (QED) is 0.804. The van der Waals surface area contributed by atoms with Crippen LogP contribution in [-0.4, -0.2) is 7.11 Å². The van der Waals surface area contributed by atoms with E-state index >= 15 is 0 Å². The third-order valence-electron chi connectivity index (χ3n) is 2.28. The molecule has 0 saturated carbocycles. The van der Waals surface area contributed by atoms with Gasteiger partial charge in [-0.2, -0.15) is 5.26 Å². The molecule has 0 unspecified atom stereocenters. The molecule has 0 aliphatic carbocycles. The van der Waals surface area contributed by atoms with Crippen molar-refractivity contribution < 1.29 is 9.47 Å². The lowest BCUT2D eigenvalue weighted by Gasteiger charge is -2.08. The number of para-hydroxylation sites is 1. The molecule has 0 atom stereocenters. The molecule has 2 aromatic rings. The highest BCUT2D eigenvalue weighted by atomic mass is 16.5. The molecule has 0 aliphatic heterocycles. The third-order valence-corrected chi connectivity index (χ3v) is 2.28. The van der Waals surface area contributed by atoms with Crippen molar-refractivity contribution in [1.82, 2.24) is 0 Å². The zero-order chi connectivity index (χ0) is 12.1. The van der Waals surface area contributed by atoms with Crippen LogP contribution in [0.25, 0.3) is 0 Å². The Morgan fingerprint density at radius 2 is 1.76 bits per heavy atom. The number of methoxy groups -OCH3 is 1. The van der Waals surface area contributed by atoms with Gasteiger partial charge < -0.3 is 9.47 Å². The van der Waals surface area contributed by atoms with E-state index in [-0.39, 0.29) is 0 Å². The molecule has 0 amide bonds. The first-order valence-corrected chi connectivity index (χ1v) is 5.14. The van der Waals surface area contributed by atoms with E-state index in [1.807, 2.05) is 24.3 Å². The van der Waals surface area contributed by atoms with E-state index in [0.717, 1.165) is 5.75 Å². The summed E-state index contributed by atoms with van der Waals surface area (Å²) in [6.07, 6.45) is 0. The normalized spacial score (nSPS) is 9.41. The number of nitrogens with zero attached hydrogens (tertiary/aromatic N) is 1. The van der Waals surface area contributed by atoms with Gasteiger partial charge in [0.25, 0.3) is 0 Å². The maximum absolute atomic E-state index is 8.94. The standard InChI is InChI=1S/C14H11NO2/c1-16-12-6-4-7-13(9-12)17-14-8-3-2-5-11(14)10-15/h2-9H,1H3. The van der Waals surface area contributed by atoms with Gasteiger partial charge in [0.15, 0.2) is 0 Å². The van der Waals surface area contributed by atoms with Gasteiger partial charge in [-0.25, -0.2) is 0 Å². The highest BCUT2D eigenvalue weighted by Crippen LogP contribution is 2.27. The van der Waals surface area contributed by atoms with Crippen LogP contribution >= 0.6 is 0 Å². The van der Waals surface area contributed by atoms with Crippen molar-refractivity contribution in [3.05, 3.63) is 54.1 Å². The van der Waals surface area contributed by atoms with Crippen molar-refractivity contribution in [2.45, 2.75) is 0 Å². The number of rotatable bonds is 3.